The summed E-state index contributed by atoms with van der Waals surface area (Å²) in [5.74, 6) is -4.31. The zero-order valence-corrected chi connectivity index (χ0v) is 28.3. The Morgan fingerprint density at radius 1 is 1.02 bits per heavy atom. The number of nitrogens with one attached hydrogen (secondary N) is 2. The van der Waals surface area contributed by atoms with Crippen LogP contribution in [0.4, 0.5) is 13.2 Å². The van der Waals surface area contributed by atoms with E-state index in [9.17, 15) is 32.7 Å². The second-order valence-electron chi connectivity index (χ2n) is 11.4. The van der Waals surface area contributed by atoms with Gasteiger partial charge in [0.1, 0.15) is 12.6 Å². The molecule has 4 atom stereocenters. The lowest BCUT2D eigenvalue weighted by molar-refractivity contribution is -0.174. The third-order valence-electron chi connectivity index (χ3n) is 7.46. The van der Waals surface area contributed by atoms with E-state index in [-0.39, 0.29) is 12.0 Å². The van der Waals surface area contributed by atoms with E-state index in [2.05, 4.69) is 17.0 Å². The van der Waals surface area contributed by atoms with Crippen LogP contribution in [-0.4, -0.2) is 85.4 Å². The Labute approximate surface area is 276 Å². The molecule has 46 heavy (non-hydrogen) atoms. The number of allylic oxidation sites excluding steroid dienone is 3. The van der Waals surface area contributed by atoms with Crippen molar-refractivity contribution in [2.24, 2.45) is 0 Å². The number of carbonyl (C=O) groups is 3. The van der Waals surface area contributed by atoms with E-state index < -0.39 is 47.9 Å². The van der Waals surface area contributed by atoms with Gasteiger partial charge in [-0.3, -0.25) is 14.4 Å². The number of halogens is 3. The highest BCUT2D eigenvalue weighted by molar-refractivity contribution is 8.00. The van der Waals surface area contributed by atoms with Crippen molar-refractivity contribution in [3.63, 3.8) is 0 Å². The van der Waals surface area contributed by atoms with Gasteiger partial charge in [0.15, 0.2) is 6.29 Å². The summed E-state index contributed by atoms with van der Waals surface area (Å²) < 4.78 is 54.7. The van der Waals surface area contributed by atoms with Crippen molar-refractivity contribution in [2.45, 2.75) is 133 Å². The first-order valence-corrected chi connectivity index (χ1v) is 17.7. The Morgan fingerprint density at radius 3 is 2.39 bits per heavy atom. The minimum Gasteiger partial charge on any atom is -0.468 e. The van der Waals surface area contributed by atoms with Crippen LogP contribution in [0.15, 0.2) is 24.3 Å². The summed E-state index contributed by atoms with van der Waals surface area (Å²) in [5.41, 5.74) is 0. The van der Waals surface area contributed by atoms with E-state index in [1.54, 1.807) is 17.5 Å². The average molecular weight is 681 g/mol. The van der Waals surface area contributed by atoms with Gasteiger partial charge in [-0.1, -0.05) is 76.2 Å². The van der Waals surface area contributed by atoms with Crippen LogP contribution in [0.5, 0.6) is 0 Å². The Bertz CT molecular complexity index is 899. The van der Waals surface area contributed by atoms with Gasteiger partial charge >= 0.3 is 18.1 Å². The van der Waals surface area contributed by atoms with Gasteiger partial charge < -0.3 is 30.0 Å². The summed E-state index contributed by atoms with van der Waals surface area (Å²) in [6.07, 6.45) is 16.6. The summed E-state index contributed by atoms with van der Waals surface area (Å²) in [6.45, 7) is 2.81. The molecule has 0 saturated carbocycles. The van der Waals surface area contributed by atoms with Gasteiger partial charge in [0, 0.05) is 24.2 Å². The second-order valence-corrected chi connectivity index (χ2v) is 12.6. The molecule has 0 radical (unpaired) electrons. The maximum absolute atomic E-state index is 13.0. The summed E-state index contributed by atoms with van der Waals surface area (Å²) in [4.78, 5) is 35.7. The Balaban J connectivity index is 2.75. The van der Waals surface area contributed by atoms with Gasteiger partial charge in [0.2, 0.25) is 5.91 Å². The van der Waals surface area contributed by atoms with E-state index in [4.69, 9.17) is 9.47 Å². The third kappa shape index (κ3) is 20.9. The van der Waals surface area contributed by atoms with E-state index in [1.165, 1.54) is 38.5 Å². The lowest BCUT2D eigenvalue weighted by Gasteiger charge is -2.24. The number of unbranched alkanes of at least 4 members (excludes halogenated alkanes) is 9. The van der Waals surface area contributed by atoms with Crippen molar-refractivity contribution < 1.29 is 46.9 Å². The summed E-state index contributed by atoms with van der Waals surface area (Å²) >= 11 is 1.05. The summed E-state index contributed by atoms with van der Waals surface area (Å²) in [5, 5.41) is 14.3. The highest BCUT2D eigenvalue weighted by Crippen LogP contribution is 2.23. The number of amides is 2. The molecule has 266 valence electrons. The fourth-order valence-corrected chi connectivity index (χ4v) is 5.91. The van der Waals surface area contributed by atoms with Crippen LogP contribution in [0.1, 0.15) is 103 Å². The van der Waals surface area contributed by atoms with Gasteiger partial charge in [-0.25, -0.2) is 0 Å². The van der Waals surface area contributed by atoms with Crippen LogP contribution in [-0.2, 0) is 28.6 Å². The summed E-state index contributed by atoms with van der Waals surface area (Å²) in [6, 6.07) is -1.60. The van der Waals surface area contributed by atoms with Gasteiger partial charge in [-0.05, 0) is 51.4 Å². The second kappa shape index (κ2) is 25.9. The zero-order valence-electron chi connectivity index (χ0n) is 27.5. The first kappa shape index (κ1) is 41.9. The summed E-state index contributed by atoms with van der Waals surface area (Å²) in [7, 11) is 1.10. The number of aliphatic hydroxyl groups excluding tert-OH is 1. The van der Waals surface area contributed by atoms with Crippen molar-refractivity contribution in [3.8, 4) is 0 Å². The molecule has 2 amide bonds. The molecule has 0 aromatic carbocycles. The quantitative estimate of drug-likeness (QED) is 0.0597. The molecule has 0 spiro atoms. The molecule has 3 unspecified atom stereocenters. The normalized spacial score (nSPS) is 17.6. The maximum Gasteiger partial charge on any atom is 0.471 e. The standard InChI is InChI=1S/C33H55F3N2O7S/c1-3-4-5-6-7-8-9-10-11-12-13-14-20-28(27(39)19-15-17-22-44-30-21-16-18-23-45-30)46-25-26(38-32(42)33(34,35)36)31(41)37-24-29(40)43-2/h12-14,20,26-28,30,39H,3-11,15-19,21-25H2,1-2H3,(H,37,41)(H,38,42)/b13-12-,20-14+/t26-,27?,28?,30?/m0/s1. The predicted molar refractivity (Wildman–Crippen MR) is 174 cm³/mol. The van der Waals surface area contributed by atoms with Gasteiger partial charge in [-0.15, -0.1) is 11.8 Å². The van der Waals surface area contributed by atoms with Crippen LogP contribution in [0.25, 0.3) is 0 Å². The number of esters is 1. The van der Waals surface area contributed by atoms with Crippen LogP contribution in [0.3, 0.4) is 0 Å². The third-order valence-corrected chi connectivity index (χ3v) is 8.84. The van der Waals surface area contributed by atoms with Crippen molar-refractivity contribution in [2.75, 3.05) is 32.6 Å². The number of hydrogen-bond donors (Lipinski definition) is 3. The van der Waals surface area contributed by atoms with Crippen LogP contribution in [0, 0.1) is 0 Å². The number of methoxy groups -OCH3 is 1. The largest absolute Gasteiger partial charge is 0.471 e. The molecule has 1 rings (SSSR count). The first-order valence-electron chi connectivity index (χ1n) is 16.7. The molecular formula is C33H55F3N2O7S. The molecule has 0 bridgehead atoms. The molecule has 9 nitrogen and oxygen atoms in total. The SMILES string of the molecule is CCCCCCCCCC/C=C\C=C\C(SC[C@H](NC(=O)C(F)(F)F)C(=O)NCC(=O)OC)C(O)CCCCOC1CCCCO1. The van der Waals surface area contributed by atoms with Gasteiger partial charge in [0.05, 0.1) is 13.2 Å². The van der Waals surface area contributed by atoms with E-state index >= 15 is 0 Å². The smallest absolute Gasteiger partial charge is 0.468 e. The molecule has 1 heterocycles. The van der Waals surface area contributed by atoms with Crippen LogP contribution >= 0.6 is 11.8 Å². The van der Waals surface area contributed by atoms with Crippen LogP contribution in [0.2, 0.25) is 0 Å². The monoisotopic (exact) mass is 680 g/mol. The van der Waals surface area contributed by atoms with Gasteiger partial charge in [-0.2, -0.15) is 13.2 Å². The molecular weight excluding hydrogens is 625 g/mol. The number of carbonyl (C=O) groups excluding carboxylic acids is 3. The van der Waals surface area contributed by atoms with Crippen LogP contribution < -0.4 is 10.6 Å². The minimum absolute atomic E-state index is 0.198. The lowest BCUT2D eigenvalue weighted by atomic mass is 10.1. The topological polar surface area (TPSA) is 123 Å². The fraction of sp³-hybridized carbons (Fsp3) is 0.788. The molecule has 1 aliphatic rings. The molecule has 1 fully saturated rings. The molecule has 0 aromatic rings. The minimum atomic E-state index is -5.20. The highest BCUT2D eigenvalue weighted by Gasteiger charge is 2.41. The Hall–Kier alpha value is -2.09. The van der Waals surface area contributed by atoms with E-state index in [0.29, 0.717) is 32.5 Å². The van der Waals surface area contributed by atoms with Crippen molar-refractivity contribution >= 4 is 29.5 Å². The maximum atomic E-state index is 13.0. The van der Waals surface area contributed by atoms with Crippen molar-refractivity contribution in [3.05, 3.63) is 24.3 Å². The molecule has 13 heteroatoms. The number of ether oxygens (including phenoxy) is 3. The molecule has 0 aromatic heterocycles. The number of rotatable bonds is 25. The molecule has 1 saturated heterocycles. The first-order chi connectivity index (χ1) is 22.1. The molecule has 0 aliphatic carbocycles. The number of thioether (sulfide) groups is 1. The Morgan fingerprint density at radius 2 is 1.74 bits per heavy atom. The average Bonchev–Trinajstić information content (AvgIpc) is 3.04. The number of aliphatic hydroxyl groups is 1. The van der Waals surface area contributed by atoms with Gasteiger partial charge in [0.25, 0.3) is 0 Å². The van der Waals surface area contributed by atoms with Crippen molar-refractivity contribution in [1.29, 1.82) is 0 Å². The predicted octanol–water partition coefficient (Wildman–Crippen LogP) is 6.14. The Kier molecular flexibility index (Phi) is 23.6. The number of hydrogen-bond acceptors (Lipinski definition) is 8. The van der Waals surface area contributed by atoms with Crippen molar-refractivity contribution in [1.82, 2.24) is 10.6 Å². The molecule has 1 aliphatic heterocycles. The van der Waals surface area contributed by atoms with E-state index in [0.717, 1.165) is 57.4 Å². The zero-order chi connectivity index (χ0) is 34.0. The lowest BCUT2D eigenvalue weighted by Crippen LogP contribution is -2.52. The highest BCUT2D eigenvalue weighted by atomic mass is 32.2. The number of alkyl halides is 3. The fourth-order valence-electron chi connectivity index (χ4n) is 4.70. The van der Waals surface area contributed by atoms with E-state index in [1.807, 2.05) is 12.2 Å². The molecule has 3 N–H and O–H groups in total.